The predicted molar refractivity (Wildman–Crippen MR) is 106 cm³/mol. The number of nitrogens with zero attached hydrogens (tertiary/aromatic N) is 4. The van der Waals surface area contributed by atoms with Gasteiger partial charge in [-0.3, -0.25) is 4.68 Å². The largest absolute Gasteiger partial charge is 0.494 e. The minimum absolute atomic E-state index is 0. The summed E-state index contributed by atoms with van der Waals surface area (Å²) in [6, 6.07) is 6.01. The van der Waals surface area contributed by atoms with E-state index >= 15 is 0 Å². The van der Waals surface area contributed by atoms with Gasteiger partial charge in [0.2, 0.25) is 0 Å². The van der Waals surface area contributed by atoms with Gasteiger partial charge in [0.15, 0.2) is 5.96 Å². The lowest BCUT2D eigenvalue weighted by Gasteiger charge is -2.11. The number of hydrogen-bond donors (Lipinski definition) is 2. The molecule has 0 saturated carbocycles. The van der Waals surface area contributed by atoms with E-state index in [0.29, 0.717) is 25.4 Å². The van der Waals surface area contributed by atoms with E-state index in [2.05, 4.69) is 25.7 Å². The molecule has 1 aromatic heterocycles. The third-order valence-electron chi connectivity index (χ3n) is 3.22. The van der Waals surface area contributed by atoms with Gasteiger partial charge in [-0.25, -0.2) is 14.4 Å². The fourth-order valence-corrected chi connectivity index (χ4v) is 1.95. The Morgan fingerprint density at radius 1 is 1.28 bits per heavy atom. The fraction of sp³-hybridized carbons (Fsp3) is 0.438. The van der Waals surface area contributed by atoms with Gasteiger partial charge >= 0.3 is 0 Å². The van der Waals surface area contributed by atoms with Gasteiger partial charge in [-0.2, -0.15) is 5.10 Å². The molecule has 0 fully saturated rings. The number of hydrogen-bond acceptors (Lipinski definition) is 4. The van der Waals surface area contributed by atoms with E-state index in [9.17, 15) is 4.39 Å². The molecule has 1 heterocycles. The predicted octanol–water partition coefficient (Wildman–Crippen LogP) is 2.10. The van der Waals surface area contributed by atoms with Crippen LogP contribution in [0.15, 0.2) is 35.6 Å². The Morgan fingerprint density at radius 3 is 2.68 bits per heavy atom. The van der Waals surface area contributed by atoms with Crippen molar-refractivity contribution in [3.05, 3.63) is 42.2 Å². The summed E-state index contributed by atoms with van der Waals surface area (Å²) in [5, 5.41) is 10.4. The van der Waals surface area contributed by atoms with Crippen LogP contribution >= 0.6 is 24.0 Å². The Kier molecular flexibility index (Phi) is 9.81. The van der Waals surface area contributed by atoms with E-state index in [1.54, 1.807) is 16.8 Å². The van der Waals surface area contributed by atoms with E-state index in [1.807, 2.05) is 14.0 Å². The molecule has 138 valence electrons. The summed E-state index contributed by atoms with van der Waals surface area (Å²) in [5.41, 5.74) is 0. The number of aliphatic imine (C=N–C) groups is 1. The van der Waals surface area contributed by atoms with Crippen LogP contribution in [0.1, 0.15) is 19.2 Å². The first kappa shape index (κ1) is 21.1. The minimum atomic E-state index is -0.265. The molecule has 0 aliphatic rings. The van der Waals surface area contributed by atoms with Gasteiger partial charge < -0.3 is 15.4 Å². The average molecular weight is 462 g/mol. The molecule has 7 nitrogen and oxygen atoms in total. The maximum Gasteiger partial charge on any atom is 0.191 e. The van der Waals surface area contributed by atoms with Crippen molar-refractivity contribution < 1.29 is 9.13 Å². The van der Waals surface area contributed by atoms with Crippen LogP contribution in [0.5, 0.6) is 5.75 Å². The van der Waals surface area contributed by atoms with Crippen LogP contribution in [0.3, 0.4) is 0 Å². The molecule has 0 amide bonds. The Hall–Kier alpha value is -1.91. The second kappa shape index (κ2) is 11.6. The molecule has 0 spiro atoms. The van der Waals surface area contributed by atoms with Gasteiger partial charge in [-0.15, -0.1) is 24.0 Å². The topological polar surface area (TPSA) is 76.4 Å². The van der Waals surface area contributed by atoms with Crippen molar-refractivity contribution in [2.45, 2.75) is 19.9 Å². The van der Waals surface area contributed by atoms with E-state index in [1.165, 1.54) is 18.5 Å². The zero-order valence-electron chi connectivity index (χ0n) is 14.4. The first-order chi connectivity index (χ1) is 11.7. The molecule has 25 heavy (non-hydrogen) atoms. The molecule has 2 rings (SSSR count). The summed E-state index contributed by atoms with van der Waals surface area (Å²) in [6.07, 6.45) is 2.31. The quantitative estimate of drug-likeness (QED) is 0.272. The first-order valence-corrected chi connectivity index (χ1v) is 7.92. The van der Waals surface area contributed by atoms with Crippen LogP contribution in [0.25, 0.3) is 0 Å². The van der Waals surface area contributed by atoms with E-state index < -0.39 is 0 Å². The highest BCUT2D eigenvalue weighted by molar-refractivity contribution is 14.0. The Bertz CT molecular complexity index is 646. The molecule has 1 aromatic carbocycles. The van der Waals surface area contributed by atoms with E-state index in [-0.39, 0.29) is 29.8 Å². The van der Waals surface area contributed by atoms with Crippen LogP contribution < -0.4 is 15.4 Å². The molecule has 0 aliphatic carbocycles. The molecule has 2 aromatic rings. The summed E-state index contributed by atoms with van der Waals surface area (Å²) < 4.78 is 20.0. The molecule has 0 radical (unpaired) electrons. The lowest BCUT2D eigenvalue weighted by Crippen LogP contribution is -2.38. The average Bonchev–Trinajstić information content (AvgIpc) is 2.99. The number of halogens is 2. The summed E-state index contributed by atoms with van der Waals surface area (Å²) in [6.45, 7) is 4.50. The highest BCUT2D eigenvalue weighted by atomic mass is 127. The highest BCUT2D eigenvalue weighted by Gasteiger charge is 2.01. The molecule has 0 aliphatic heterocycles. The van der Waals surface area contributed by atoms with Crippen molar-refractivity contribution in [3.8, 4) is 5.75 Å². The van der Waals surface area contributed by atoms with Gasteiger partial charge in [-0.05, 0) is 37.6 Å². The second-order valence-corrected chi connectivity index (χ2v) is 5.08. The van der Waals surface area contributed by atoms with Crippen molar-refractivity contribution in [2.75, 3.05) is 19.7 Å². The standard InChI is InChI=1S/C16H23FN6O.HI/c1-3-18-16(20-11-15-21-12-22-23(15)2)19-9-4-10-24-14-7-5-13(17)6-8-14;/h5-8,12H,3-4,9-11H2,1-2H3,(H2,18,19,20);1H. The van der Waals surface area contributed by atoms with Gasteiger partial charge in [0.25, 0.3) is 0 Å². The summed E-state index contributed by atoms with van der Waals surface area (Å²) in [7, 11) is 1.84. The number of aryl methyl sites for hydroxylation is 1. The Labute approximate surface area is 164 Å². The lowest BCUT2D eigenvalue weighted by molar-refractivity contribution is 0.310. The monoisotopic (exact) mass is 462 g/mol. The summed E-state index contributed by atoms with van der Waals surface area (Å²) in [5.74, 6) is 1.92. The second-order valence-electron chi connectivity index (χ2n) is 5.08. The highest BCUT2D eigenvalue weighted by Crippen LogP contribution is 2.10. The first-order valence-electron chi connectivity index (χ1n) is 7.92. The normalized spacial score (nSPS) is 10.9. The zero-order chi connectivity index (χ0) is 17.2. The number of guanidine groups is 1. The van der Waals surface area contributed by atoms with Crippen LogP contribution in [-0.2, 0) is 13.6 Å². The van der Waals surface area contributed by atoms with Crippen LogP contribution in [0, 0.1) is 5.82 Å². The zero-order valence-corrected chi connectivity index (χ0v) is 16.7. The molecule has 0 bridgehead atoms. The fourth-order valence-electron chi connectivity index (χ4n) is 1.95. The molecule has 0 saturated heterocycles. The summed E-state index contributed by atoms with van der Waals surface area (Å²) >= 11 is 0. The number of rotatable bonds is 8. The smallest absolute Gasteiger partial charge is 0.191 e. The van der Waals surface area contributed by atoms with Gasteiger partial charge in [0, 0.05) is 20.1 Å². The number of nitrogens with one attached hydrogen (secondary N) is 2. The molecular formula is C16H24FIN6O. The maximum atomic E-state index is 12.8. The van der Waals surface area contributed by atoms with Crippen molar-refractivity contribution >= 4 is 29.9 Å². The van der Waals surface area contributed by atoms with Crippen molar-refractivity contribution in [3.63, 3.8) is 0 Å². The molecule has 2 N–H and O–H groups in total. The third-order valence-corrected chi connectivity index (χ3v) is 3.22. The third kappa shape index (κ3) is 7.67. The minimum Gasteiger partial charge on any atom is -0.494 e. The number of aromatic nitrogens is 3. The van der Waals surface area contributed by atoms with Crippen LogP contribution in [0.4, 0.5) is 4.39 Å². The maximum absolute atomic E-state index is 12.8. The summed E-state index contributed by atoms with van der Waals surface area (Å²) in [4.78, 5) is 8.61. The molecule has 0 unspecified atom stereocenters. The molecule has 0 atom stereocenters. The van der Waals surface area contributed by atoms with Gasteiger partial charge in [0.05, 0.1) is 6.61 Å². The SMILES string of the molecule is CCNC(=NCc1ncnn1C)NCCCOc1ccc(F)cc1.I. The molecular weight excluding hydrogens is 438 g/mol. The van der Waals surface area contributed by atoms with Gasteiger partial charge in [0.1, 0.15) is 30.3 Å². The van der Waals surface area contributed by atoms with E-state index in [4.69, 9.17) is 4.74 Å². The number of benzene rings is 1. The van der Waals surface area contributed by atoms with E-state index in [0.717, 1.165) is 24.7 Å². The van der Waals surface area contributed by atoms with Crippen molar-refractivity contribution in [1.82, 2.24) is 25.4 Å². The van der Waals surface area contributed by atoms with Gasteiger partial charge in [-0.1, -0.05) is 0 Å². The number of ether oxygens (including phenoxy) is 1. The van der Waals surface area contributed by atoms with Crippen molar-refractivity contribution in [2.24, 2.45) is 12.0 Å². The van der Waals surface area contributed by atoms with Crippen LogP contribution in [-0.4, -0.2) is 40.4 Å². The Morgan fingerprint density at radius 2 is 2.04 bits per heavy atom. The lowest BCUT2D eigenvalue weighted by atomic mass is 10.3. The van der Waals surface area contributed by atoms with Crippen LogP contribution in [0.2, 0.25) is 0 Å². The molecule has 9 heteroatoms. The van der Waals surface area contributed by atoms with Crippen molar-refractivity contribution in [1.29, 1.82) is 0 Å². The Balaban J connectivity index is 0.00000312.